The fraction of sp³-hybridized carbons (Fsp3) is 0.385. The smallest absolute Gasteiger partial charge is 0.305 e. The van der Waals surface area contributed by atoms with E-state index in [1.807, 2.05) is 6.07 Å². The highest BCUT2D eigenvalue weighted by atomic mass is 16.6. The summed E-state index contributed by atoms with van der Waals surface area (Å²) in [6, 6.07) is 5.55. The molecule has 0 bridgehead atoms. The van der Waals surface area contributed by atoms with Crippen LogP contribution in [0.1, 0.15) is 12.0 Å². The molecule has 0 radical (unpaired) electrons. The number of nitriles is 1. The third-order valence-electron chi connectivity index (χ3n) is 3.25. The van der Waals surface area contributed by atoms with E-state index < -0.39 is 16.9 Å². The Morgan fingerprint density at radius 2 is 2.38 bits per heavy atom. The van der Waals surface area contributed by atoms with Gasteiger partial charge in [0.15, 0.2) is 0 Å². The number of carboxylic acids is 1. The first-order valence-corrected chi connectivity index (χ1v) is 6.27. The maximum absolute atomic E-state index is 11.2. The summed E-state index contributed by atoms with van der Waals surface area (Å²) in [6.07, 6.45) is -0.169. The number of nitro benzene ring substituents is 1. The van der Waals surface area contributed by atoms with Crippen LogP contribution >= 0.6 is 0 Å². The summed E-state index contributed by atoms with van der Waals surface area (Å²) in [7, 11) is 0. The Labute approximate surface area is 120 Å². The van der Waals surface area contributed by atoms with Crippen molar-refractivity contribution in [2.24, 2.45) is 0 Å². The quantitative estimate of drug-likeness (QED) is 0.653. The summed E-state index contributed by atoms with van der Waals surface area (Å²) >= 11 is 0. The van der Waals surface area contributed by atoms with Crippen molar-refractivity contribution >= 4 is 17.3 Å². The standard InChI is InChI=1S/C13H13N3O5/c14-7-9-1-2-11(12(5-9)16(19)20)15-3-4-21-8-10(15)6-13(17)18/h1-2,5,10H,3-4,6,8H2,(H,17,18). The first kappa shape index (κ1) is 14.7. The summed E-state index contributed by atoms with van der Waals surface area (Å²) in [4.78, 5) is 23.2. The number of carbonyl (C=O) groups is 1. The summed E-state index contributed by atoms with van der Waals surface area (Å²) < 4.78 is 5.25. The minimum atomic E-state index is -0.994. The predicted octanol–water partition coefficient (Wildman–Crippen LogP) is 1.15. The van der Waals surface area contributed by atoms with Crippen LogP contribution in [0.15, 0.2) is 18.2 Å². The second kappa shape index (κ2) is 6.19. The van der Waals surface area contributed by atoms with Gasteiger partial charge >= 0.3 is 5.97 Å². The van der Waals surface area contributed by atoms with Crippen molar-refractivity contribution in [1.82, 2.24) is 0 Å². The molecule has 1 fully saturated rings. The van der Waals surface area contributed by atoms with Gasteiger partial charge in [-0.25, -0.2) is 0 Å². The molecule has 1 N–H and O–H groups in total. The molecule has 0 saturated carbocycles. The maximum atomic E-state index is 11.2. The highest BCUT2D eigenvalue weighted by Crippen LogP contribution is 2.32. The molecule has 1 aliphatic rings. The molecule has 1 aliphatic heterocycles. The molecule has 110 valence electrons. The Morgan fingerprint density at radius 3 is 3.00 bits per heavy atom. The molecule has 2 rings (SSSR count). The molecule has 8 nitrogen and oxygen atoms in total. The number of carboxylic acid groups (broad SMARTS) is 1. The minimum absolute atomic E-state index is 0.169. The average molecular weight is 291 g/mol. The monoisotopic (exact) mass is 291 g/mol. The van der Waals surface area contributed by atoms with Crippen molar-refractivity contribution in [3.05, 3.63) is 33.9 Å². The van der Waals surface area contributed by atoms with Gasteiger partial charge in [0.2, 0.25) is 0 Å². The number of nitrogens with zero attached hydrogens (tertiary/aromatic N) is 3. The number of anilines is 1. The van der Waals surface area contributed by atoms with E-state index in [4.69, 9.17) is 15.1 Å². The van der Waals surface area contributed by atoms with Crippen LogP contribution in [-0.2, 0) is 9.53 Å². The molecule has 1 aromatic carbocycles. The van der Waals surface area contributed by atoms with Crippen LogP contribution in [0.4, 0.5) is 11.4 Å². The van der Waals surface area contributed by atoms with E-state index in [9.17, 15) is 14.9 Å². The van der Waals surface area contributed by atoms with E-state index in [-0.39, 0.29) is 24.3 Å². The van der Waals surface area contributed by atoms with Crippen LogP contribution in [0.2, 0.25) is 0 Å². The highest BCUT2D eigenvalue weighted by Gasteiger charge is 2.30. The molecule has 1 heterocycles. The average Bonchev–Trinajstić information content (AvgIpc) is 2.46. The number of rotatable bonds is 4. The van der Waals surface area contributed by atoms with Gasteiger partial charge in [-0.3, -0.25) is 14.9 Å². The van der Waals surface area contributed by atoms with Crippen molar-refractivity contribution in [2.45, 2.75) is 12.5 Å². The normalized spacial score (nSPS) is 18.0. The Hall–Kier alpha value is -2.66. The molecular weight excluding hydrogens is 278 g/mol. The fourth-order valence-corrected chi connectivity index (χ4v) is 2.32. The number of aliphatic carboxylic acids is 1. The van der Waals surface area contributed by atoms with Gasteiger partial charge in [-0.15, -0.1) is 0 Å². The summed E-state index contributed by atoms with van der Waals surface area (Å²) in [6.45, 7) is 0.932. The predicted molar refractivity (Wildman–Crippen MR) is 72.0 cm³/mol. The lowest BCUT2D eigenvalue weighted by Gasteiger charge is -2.36. The van der Waals surface area contributed by atoms with E-state index >= 15 is 0 Å². The Morgan fingerprint density at radius 1 is 1.62 bits per heavy atom. The molecular formula is C13H13N3O5. The van der Waals surface area contributed by atoms with Gasteiger partial charge in [-0.05, 0) is 12.1 Å². The van der Waals surface area contributed by atoms with Gasteiger partial charge in [-0.2, -0.15) is 5.26 Å². The zero-order chi connectivity index (χ0) is 15.4. The minimum Gasteiger partial charge on any atom is -0.481 e. The van der Waals surface area contributed by atoms with Crippen LogP contribution < -0.4 is 4.90 Å². The lowest BCUT2D eigenvalue weighted by molar-refractivity contribution is -0.384. The van der Waals surface area contributed by atoms with Crippen LogP contribution in [0.3, 0.4) is 0 Å². The lowest BCUT2D eigenvalue weighted by Crippen LogP contribution is -2.46. The first-order valence-electron chi connectivity index (χ1n) is 6.27. The van der Waals surface area contributed by atoms with E-state index in [1.54, 1.807) is 4.90 Å². The summed E-state index contributed by atoms with van der Waals surface area (Å²) in [5.41, 5.74) is 0.299. The third kappa shape index (κ3) is 3.27. The second-order valence-electron chi connectivity index (χ2n) is 4.59. The molecule has 21 heavy (non-hydrogen) atoms. The Balaban J connectivity index is 2.40. The first-order chi connectivity index (χ1) is 10.0. The molecule has 1 atom stereocenters. The maximum Gasteiger partial charge on any atom is 0.305 e. The van der Waals surface area contributed by atoms with E-state index in [1.165, 1.54) is 18.2 Å². The zero-order valence-corrected chi connectivity index (χ0v) is 11.1. The van der Waals surface area contributed by atoms with Crippen LogP contribution in [0.25, 0.3) is 0 Å². The molecule has 8 heteroatoms. The largest absolute Gasteiger partial charge is 0.481 e. The third-order valence-corrected chi connectivity index (χ3v) is 3.25. The van der Waals surface area contributed by atoms with Crippen molar-refractivity contribution < 1.29 is 19.6 Å². The second-order valence-corrected chi connectivity index (χ2v) is 4.59. The SMILES string of the molecule is N#Cc1ccc(N2CCOCC2CC(=O)O)c([N+](=O)[O-])c1. The van der Waals surface area contributed by atoms with E-state index in [2.05, 4.69) is 0 Å². The van der Waals surface area contributed by atoms with Crippen molar-refractivity contribution in [2.75, 3.05) is 24.7 Å². The molecule has 1 saturated heterocycles. The van der Waals surface area contributed by atoms with Crippen molar-refractivity contribution in [3.63, 3.8) is 0 Å². The van der Waals surface area contributed by atoms with Gasteiger partial charge in [0.05, 0.1) is 42.2 Å². The van der Waals surface area contributed by atoms with Gasteiger partial charge in [0.1, 0.15) is 5.69 Å². The van der Waals surface area contributed by atoms with Crippen molar-refractivity contribution in [3.8, 4) is 6.07 Å². The number of hydrogen-bond donors (Lipinski definition) is 1. The number of hydrogen-bond acceptors (Lipinski definition) is 6. The Kier molecular flexibility index (Phi) is 4.35. The van der Waals surface area contributed by atoms with E-state index in [0.29, 0.717) is 18.8 Å². The van der Waals surface area contributed by atoms with Gasteiger partial charge in [0, 0.05) is 12.6 Å². The number of ether oxygens (including phenoxy) is 1. The summed E-state index contributed by atoms with van der Waals surface area (Å²) in [5.74, 6) is -0.994. The van der Waals surface area contributed by atoms with Gasteiger partial charge in [-0.1, -0.05) is 0 Å². The summed E-state index contributed by atoms with van der Waals surface area (Å²) in [5, 5.41) is 28.9. The van der Waals surface area contributed by atoms with Gasteiger partial charge in [0.25, 0.3) is 5.69 Å². The van der Waals surface area contributed by atoms with E-state index in [0.717, 1.165) is 0 Å². The van der Waals surface area contributed by atoms with Crippen LogP contribution in [-0.4, -0.2) is 41.8 Å². The highest BCUT2D eigenvalue weighted by molar-refractivity contribution is 5.71. The molecule has 0 aromatic heterocycles. The van der Waals surface area contributed by atoms with Crippen molar-refractivity contribution in [1.29, 1.82) is 5.26 Å². The number of nitro groups is 1. The topological polar surface area (TPSA) is 117 Å². The fourth-order valence-electron chi connectivity index (χ4n) is 2.32. The number of benzene rings is 1. The Bertz CT molecular complexity index is 610. The molecule has 1 aromatic rings. The molecule has 0 amide bonds. The zero-order valence-electron chi connectivity index (χ0n) is 11.1. The molecule has 1 unspecified atom stereocenters. The molecule has 0 aliphatic carbocycles. The number of morpholine rings is 1. The van der Waals surface area contributed by atoms with Crippen LogP contribution in [0, 0.1) is 21.4 Å². The van der Waals surface area contributed by atoms with Gasteiger partial charge < -0.3 is 14.7 Å². The lowest BCUT2D eigenvalue weighted by atomic mass is 10.1. The molecule has 0 spiro atoms. The van der Waals surface area contributed by atoms with Crippen LogP contribution in [0.5, 0.6) is 0 Å².